The van der Waals surface area contributed by atoms with Crippen LogP contribution in [0, 0.1) is 6.92 Å². The highest BCUT2D eigenvalue weighted by molar-refractivity contribution is 6.33. The van der Waals surface area contributed by atoms with E-state index in [0.29, 0.717) is 22.9 Å². The molecule has 0 radical (unpaired) electrons. The van der Waals surface area contributed by atoms with Gasteiger partial charge in [0.25, 0.3) is 0 Å². The molecule has 1 saturated carbocycles. The summed E-state index contributed by atoms with van der Waals surface area (Å²) in [5.41, 5.74) is 4.85. The van der Waals surface area contributed by atoms with E-state index in [4.69, 9.17) is 16.3 Å². The van der Waals surface area contributed by atoms with Gasteiger partial charge in [0.2, 0.25) is 5.91 Å². The Bertz CT molecular complexity index is 1270. The Kier molecular flexibility index (Phi) is 4.94. The van der Waals surface area contributed by atoms with Gasteiger partial charge in [0.1, 0.15) is 5.75 Å². The lowest BCUT2D eigenvalue weighted by atomic mass is 9.92. The highest BCUT2D eigenvalue weighted by Gasteiger charge is 2.51. The molecule has 0 aromatic heterocycles. The molecule has 5 nitrogen and oxygen atoms in total. The second-order valence-corrected chi connectivity index (χ2v) is 8.89. The van der Waals surface area contributed by atoms with Crippen molar-refractivity contribution in [3.63, 3.8) is 0 Å². The van der Waals surface area contributed by atoms with E-state index in [0.717, 1.165) is 47.3 Å². The number of halogens is 1. The third kappa shape index (κ3) is 3.53. The molecule has 0 bridgehead atoms. The van der Waals surface area contributed by atoms with Crippen LogP contribution in [0.3, 0.4) is 0 Å². The van der Waals surface area contributed by atoms with Gasteiger partial charge in [-0.05, 0) is 78.4 Å². The maximum Gasteiger partial charge on any atom is 0.335 e. The van der Waals surface area contributed by atoms with Gasteiger partial charge in [-0.25, -0.2) is 4.79 Å². The van der Waals surface area contributed by atoms with Crippen molar-refractivity contribution in [1.29, 1.82) is 0 Å². The zero-order valence-electron chi connectivity index (χ0n) is 17.6. The number of aryl methyl sites for hydroxylation is 1. The number of amides is 1. The van der Waals surface area contributed by atoms with Crippen molar-refractivity contribution in [3.05, 3.63) is 81.9 Å². The van der Waals surface area contributed by atoms with Gasteiger partial charge in [0, 0.05) is 24.1 Å². The fraction of sp³-hybridized carbons (Fsp3) is 0.231. The molecule has 0 spiro atoms. The Hall–Kier alpha value is -3.31. The molecule has 2 aliphatic rings. The fourth-order valence-corrected chi connectivity index (χ4v) is 4.58. The van der Waals surface area contributed by atoms with Crippen molar-refractivity contribution in [2.75, 3.05) is 11.9 Å². The SMILES string of the molecule is Cc1ccc(NC(=O)C2(c3ccc4c(c3)CCO4)CC2)cc1-c1cc(C(=O)O)ccc1Cl.[HH]. The van der Waals surface area contributed by atoms with Crippen molar-refractivity contribution in [2.24, 2.45) is 0 Å². The van der Waals surface area contributed by atoms with Crippen LogP contribution in [0.1, 0.15) is 41.3 Å². The van der Waals surface area contributed by atoms with Crippen molar-refractivity contribution in [3.8, 4) is 16.9 Å². The molecule has 1 aliphatic heterocycles. The second kappa shape index (κ2) is 7.68. The standard InChI is InChI=1S/C26H22ClNO4.H2/c1-15-2-5-19(14-20(15)21-13-17(24(29)30)3-6-22(21)27)28-25(31)26(9-10-26)18-4-7-23-16(12-18)8-11-32-23;/h2-7,12-14H,8-11H2,1H3,(H,28,31)(H,29,30);1H. The number of carbonyl (C=O) groups is 2. The third-order valence-corrected chi connectivity index (χ3v) is 6.76. The Morgan fingerprint density at radius 1 is 1.06 bits per heavy atom. The zero-order valence-corrected chi connectivity index (χ0v) is 18.3. The number of nitrogens with one attached hydrogen (secondary N) is 1. The van der Waals surface area contributed by atoms with Crippen LogP contribution in [0.4, 0.5) is 5.69 Å². The molecule has 1 fully saturated rings. The molecule has 3 aromatic carbocycles. The maximum atomic E-state index is 13.3. The summed E-state index contributed by atoms with van der Waals surface area (Å²) in [5, 5.41) is 12.9. The number of rotatable bonds is 5. The summed E-state index contributed by atoms with van der Waals surface area (Å²) in [6.45, 7) is 2.62. The van der Waals surface area contributed by atoms with Crippen LogP contribution in [-0.4, -0.2) is 23.6 Å². The molecule has 1 aliphatic carbocycles. The van der Waals surface area contributed by atoms with Crippen LogP contribution >= 0.6 is 11.6 Å². The van der Waals surface area contributed by atoms with Crippen molar-refractivity contribution >= 4 is 29.2 Å². The number of anilines is 1. The first-order valence-electron chi connectivity index (χ1n) is 10.6. The van der Waals surface area contributed by atoms with Crippen molar-refractivity contribution in [1.82, 2.24) is 0 Å². The Balaban J connectivity index is 0.00000259. The Morgan fingerprint density at radius 3 is 2.62 bits per heavy atom. The predicted octanol–water partition coefficient (Wildman–Crippen LogP) is 5.86. The van der Waals surface area contributed by atoms with Crippen LogP contribution in [-0.2, 0) is 16.6 Å². The van der Waals surface area contributed by atoms with E-state index in [1.165, 1.54) is 6.07 Å². The van der Waals surface area contributed by atoms with Gasteiger partial charge in [-0.2, -0.15) is 0 Å². The first-order chi connectivity index (χ1) is 15.4. The number of fused-ring (bicyclic) bond motifs is 1. The zero-order chi connectivity index (χ0) is 22.5. The van der Waals surface area contributed by atoms with Gasteiger partial charge in [-0.1, -0.05) is 29.8 Å². The molecule has 1 heterocycles. The molecular formula is C26H24ClNO4. The van der Waals surface area contributed by atoms with E-state index in [-0.39, 0.29) is 12.9 Å². The minimum Gasteiger partial charge on any atom is -0.493 e. The number of hydrogen-bond acceptors (Lipinski definition) is 3. The van der Waals surface area contributed by atoms with Crippen LogP contribution < -0.4 is 10.1 Å². The summed E-state index contributed by atoms with van der Waals surface area (Å²) in [4.78, 5) is 24.7. The maximum absolute atomic E-state index is 13.3. The number of carbonyl (C=O) groups excluding carboxylic acids is 1. The average molecular weight is 450 g/mol. The summed E-state index contributed by atoms with van der Waals surface area (Å²) in [5.74, 6) is -0.134. The summed E-state index contributed by atoms with van der Waals surface area (Å²) in [6.07, 6.45) is 2.49. The van der Waals surface area contributed by atoms with E-state index in [9.17, 15) is 14.7 Å². The van der Waals surface area contributed by atoms with Crippen molar-refractivity contribution in [2.45, 2.75) is 31.6 Å². The first-order valence-corrected chi connectivity index (χ1v) is 11.0. The van der Waals surface area contributed by atoms with Crippen molar-refractivity contribution < 1.29 is 20.9 Å². The van der Waals surface area contributed by atoms with E-state index >= 15 is 0 Å². The molecule has 0 atom stereocenters. The highest BCUT2D eigenvalue weighted by Crippen LogP contribution is 2.50. The Labute approximate surface area is 192 Å². The van der Waals surface area contributed by atoms with Gasteiger partial charge >= 0.3 is 5.97 Å². The van der Waals surface area contributed by atoms with E-state index < -0.39 is 11.4 Å². The summed E-state index contributed by atoms with van der Waals surface area (Å²) in [7, 11) is 0. The number of hydrogen-bond donors (Lipinski definition) is 2. The molecule has 1 amide bonds. The fourth-order valence-electron chi connectivity index (χ4n) is 4.36. The van der Waals surface area contributed by atoms with Crippen LogP contribution in [0.15, 0.2) is 54.6 Å². The van der Waals surface area contributed by atoms with Gasteiger partial charge in [0.05, 0.1) is 17.6 Å². The molecule has 0 saturated heterocycles. The smallest absolute Gasteiger partial charge is 0.335 e. The molecular weight excluding hydrogens is 426 g/mol. The second-order valence-electron chi connectivity index (χ2n) is 8.49. The lowest BCUT2D eigenvalue weighted by molar-refractivity contribution is -0.118. The van der Waals surface area contributed by atoms with Gasteiger partial charge in [-0.3, -0.25) is 4.79 Å². The van der Waals surface area contributed by atoms with Crippen LogP contribution in [0.25, 0.3) is 11.1 Å². The van der Waals surface area contributed by atoms with Gasteiger partial charge < -0.3 is 15.2 Å². The lowest BCUT2D eigenvalue weighted by Gasteiger charge is -2.18. The number of carboxylic acid groups (broad SMARTS) is 1. The molecule has 0 unspecified atom stereocenters. The molecule has 2 N–H and O–H groups in total. The summed E-state index contributed by atoms with van der Waals surface area (Å²) >= 11 is 6.38. The van der Waals surface area contributed by atoms with E-state index in [1.807, 2.05) is 37.3 Å². The van der Waals surface area contributed by atoms with E-state index in [1.54, 1.807) is 12.1 Å². The van der Waals surface area contributed by atoms with Gasteiger partial charge in [-0.15, -0.1) is 0 Å². The van der Waals surface area contributed by atoms with Crippen LogP contribution in [0.2, 0.25) is 5.02 Å². The summed E-state index contributed by atoms with van der Waals surface area (Å²) in [6, 6.07) is 16.3. The third-order valence-electron chi connectivity index (χ3n) is 6.43. The molecule has 6 heteroatoms. The average Bonchev–Trinajstić information content (AvgIpc) is 3.46. The molecule has 5 rings (SSSR count). The topological polar surface area (TPSA) is 75.6 Å². The number of carboxylic acids is 1. The summed E-state index contributed by atoms with van der Waals surface area (Å²) < 4.78 is 5.59. The minimum atomic E-state index is -1.01. The highest BCUT2D eigenvalue weighted by atomic mass is 35.5. The Morgan fingerprint density at radius 2 is 1.88 bits per heavy atom. The molecule has 164 valence electrons. The quantitative estimate of drug-likeness (QED) is 0.511. The molecule has 32 heavy (non-hydrogen) atoms. The first kappa shape index (κ1) is 20.6. The molecule has 3 aromatic rings. The number of benzene rings is 3. The minimum absolute atomic E-state index is 0. The van der Waals surface area contributed by atoms with E-state index in [2.05, 4.69) is 11.4 Å². The van der Waals surface area contributed by atoms with Gasteiger partial charge in [0.15, 0.2) is 0 Å². The lowest BCUT2D eigenvalue weighted by Crippen LogP contribution is -2.27. The van der Waals surface area contributed by atoms with Crippen LogP contribution in [0.5, 0.6) is 5.75 Å². The number of ether oxygens (including phenoxy) is 1. The monoisotopic (exact) mass is 449 g/mol. The normalized spacial score (nSPS) is 15.6. The number of aromatic carboxylic acids is 1. The predicted molar refractivity (Wildman–Crippen MR) is 126 cm³/mol. The largest absolute Gasteiger partial charge is 0.493 e.